The van der Waals surface area contributed by atoms with Gasteiger partial charge in [0.15, 0.2) is 0 Å². The summed E-state index contributed by atoms with van der Waals surface area (Å²) < 4.78 is 5.89. The normalized spacial score (nSPS) is 25.0. The molecule has 0 spiro atoms. The number of hydrogen-bond acceptors (Lipinski definition) is 2. The third kappa shape index (κ3) is 2.92. The number of anilines is 1. The van der Waals surface area contributed by atoms with Crippen LogP contribution in [0.3, 0.4) is 0 Å². The number of rotatable bonds is 2. The fourth-order valence-corrected chi connectivity index (χ4v) is 3.76. The van der Waals surface area contributed by atoms with Crippen molar-refractivity contribution in [2.75, 3.05) is 11.4 Å². The van der Waals surface area contributed by atoms with Crippen molar-refractivity contribution in [3.8, 4) is 0 Å². The standard InChI is InChI=1S/C18H25NO2/c1-13(2)15-8-4-6-10-17(15)21-18(20)19-12-11-14-7-3-5-9-16(14)19/h3,5,7,9,13,15,17H,4,6,8,10-12H2,1-2H3. The molecule has 3 heteroatoms. The molecule has 0 saturated heterocycles. The highest BCUT2D eigenvalue weighted by Crippen LogP contribution is 2.34. The number of carbonyl (C=O) groups is 1. The predicted molar refractivity (Wildman–Crippen MR) is 84.6 cm³/mol. The Morgan fingerprint density at radius 2 is 2.00 bits per heavy atom. The monoisotopic (exact) mass is 287 g/mol. The lowest BCUT2D eigenvalue weighted by Gasteiger charge is -2.34. The average Bonchev–Trinajstić information content (AvgIpc) is 2.91. The van der Waals surface area contributed by atoms with E-state index in [9.17, 15) is 4.79 Å². The minimum atomic E-state index is -0.155. The summed E-state index contributed by atoms with van der Waals surface area (Å²) in [7, 11) is 0. The van der Waals surface area contributed by atoms with E-state index in [4.69, 9.17) is 4.74 Å². The molecule has 3 rings (SSSR count). The highest BCUT2D eigenvalue weighted by Gasteiger charge is 2.33. The van der Waals surface area contributed by atoms with Gasteiger partial charge in [-0.25, -0.2) is 4.79 Å². The first-order valence-corrected chi connectivity index (χ1v) is 8.23. The van der Waals surface area contributed by atoms with Crippen LogP contribution in [0.25, 0.3) is 0 Å². The number of para-hydroxylation sites is 1. The first-order valence-electron chi connectivity index (χ1n) is 8.23. The molecule has 1 aromatic rings. The van der Waals surface area contributed by atoms with Crippen molar-refractivity contribution in [2.24, 2.45) is 11.8 Å². The van der Waals surface area contributed by atoms with Gasteiger partial charge in [0.1, 0.15) is 6.10 Å². The van der Waals surface area contributed by atoms with Crippen molar-refractivity contribution in [1.29, 1.82) is 0 Å². The summed E-state index contributed by atoms with van der Waals surface area (Å²) >= 11 is 0. The molecule has 1 aliphatic carbocycles. The van der Waals surface area contributed by atoms with Crippen molar-refractivity contribution in [2.45, 2.75) is 52.1 Å². The first-order chi connectivity index (χ1) is 10.2. The molecule has 1 heterocycles. The molecular formula is C18H25NO2. The summed E-state index contributed by atoms with van der Waals surface area (Å²) in [6.45, 7) is 5.22. The molecule has 21 heavy (non-hydrogen) atoms. The second-order valence-corrected chi connectivity index (χ2v) is 6.64. The number of hydrogen-bond donors (Lipinski definition) is 0. The number of benzene rings is 1. The van der Waals surface area contributed by atoms with Crippen LogP contribution in [0.5, 0.6) is 0 Å². The smallest absolute Gasteiger partial charge is 0.414 e. The molecule has 1 saturated carbocycles. The van der Waals surface area contributed by atoms with E-state index in [1.165, 1.54) is 24.8 Å². The van der Waals surface area contributed by atoms with Gasteiger partial charge in [-0.1, -0.05) is 38.5 Å². The van der Waals surface area contributed by atoms with Crippen molar-refractivity contribution >= 4 is 11.8 Å². The van der Waals surface area contributed by atoms with Crippen LogP contribution in [-0.4, -0.2) is 18.7 Å². The van der Waals surface area contributed by atoms with Gasteiger partial charge < -0.3 is 4.74 Å². The molecule has 1 fully saturated rings. The molecular weight excluding hydrogens is 262 g/mol. The van der Waals surface area contributed by atoms with E-state index in [1.807, 2.05) is 18.2 Å². The molecule has 2 aliphatic rings. The molecule has 0 aromatic heterocycles. The molecule has 1 aliphatic heterocycles. The largest absolute Gasteiger partial charge is 0.446 e. The minimum Gasteiger partial charge on any atom is -0.446 e. The van der Waals surface area contributed by atoms with E-state index in [0.717, 1.165) is 25.1 Å². The Balaban J connectivity index is 1.69. The van der Waals surface area contributed by atoms with Crippen LogP contribution in [0.2, 0.25) is 0 Å². The summed E-state index contributed by atoms with van der Waals surface area (Å²) in [6, 6.07) is 8.14. The molecule has 3 nitrogen and oxygen atoms in total. The van der Waals surface area contributed by atoms with Crippen molar-refractivity contribution in [1.82, 2.24) is 0 Å². The van der Waals surface area contributed by atoms with E-state index in [2.05, 4.69) is 19.9 Å². The molecule has 0 radical (unpaired) electrons. The maximum absolute atomic E-state index is 12.5. The Labute approximate surface area is 127 Å². The van der Waals surface area contributed by atoms with Gasteiger partial charge in [-0.2, -0.15) is 0 Å². The fourth-order valence-electron chi connectivity index (χ4n) is 3.76. The van der Waals surface area contributed by atoms with Gasteiger partial charge in [-0.3, -0.25) is 4.90 Å². The van der Waals surface area contributed by atoms with E-state index in [1.54, 1.807) is 4.90 Å². The number of fused-ring (bicyclic) bond motifs is 1. The SMILES string of the molecule is CC(C)C1CCCCC1OC(=O)N1CCc2ccccc21. The zero-order valence-electron chi connectivity index (χ0n) is 13.0. The molecule has 1 aromatic carbocycles. The van der Waals surface area contributed by atoms with Gasteiger partial charge in [0.2, 0.25) is 0 Å². The molecule has 0 N–H and O–H groups in total. The average molecular weight is 287 g/mol. The maximum atomic E-state index is 12.5. The number of carbonyl (C=O) groups excluding carboxylic acids is 1. The second kappa shape index (κ2) is 6.08. The van der Waals surface area contributed by atoms with E-state index < -0.39 is 0 Å². The second-order valence-electron chi connectivity index (χ2n) is 6.64. The summed E-state index contributed by atoms with van der Waals surface area (Å²) in [5.41, 5.74) is 2.28. The Bertz CT molecular complexity index is 512. The third-order valence-corrected chi connectivity index (χ3v) is 4.97. The first kappa shape index (κ1) is 14.4. The summed E-state index contributed by atoms with van der Waals surface area (Å²) in [5, 5.41) is 0. The van der Waals surface area contributed by atoms with Crippen molar-refractivity contribution in [3.63, 3.8) is 0 Å². The van der Waals surface area contributed by atoms with Crippen LogP contribution in [0.4, 0.5) is 10.5 Å². The fraction of sp³-hybridized carbons (Fsp3) is 0.611. The third-order valence-electron chi connectivity index (χ3n) is 4.97. The zero-order valence-corrected chi connectivity index (χ0v) is 13.0. The van der Waals surface area contributed by atoms with Crippen molar-refractivity contribution < 1.29 is 9.53 Å². The van der Waals surface area contributed by atoms with Gasteiger partial charge in [-0.15, -0.1) is 0 Å². The molecule has 0 bridgehead atoms. The van der Waals surface area contributed by atoms with Crippen LogP contribution in [0.15, 0.2) is 24.3 Å². The molecule has 114 valence electrons. The summed E-state index contributed by atoms with van der Waals surface area (Å²) in [6.07, 6.45) is 5.53. The van der Waals surface area contributed by atoms with Crippen LogP contribution in [0, 0.1) is 11.8 Å². The van der Waals surface area contributed by atoms with E-state index in [0.29, 0.717) is 11.8 Å². The molecule has 1 amide bonds. The van der Waals surface area contributed by atoms with Crippen LogP contribution in [-0.2, 0) is 11.2 Å². The highest BCUT2D eigenvalue weighted by molar-refractivity contribution is 5.90. The lowest BCUT2D eigenvalue weighted by Crippen LogP contribution is -2.38. The Morgan fingerprint density at radius 3 is 2.81 bits per heavy atom. The number of nitrogens with zero attached hydrogens (tertiary/aromatic N) is 1. The van der Waals surface area contributed by atoms with Crippen molar-refractivity contribution in [3.05, 3.63) is 29.8 Å². The van der Waals surface area contributed by atoms with Crippen LogP contribution >= 0.6 is 0 Å². The van der Waals surface area contributed by atoms with Gasteiger partial charge in [0, 0.05) is 6.54 Å². The quantitative estimate of drug-likeness (QED) is 0.807. The summed E-state index contributed by atoms with van der Waals surface area (Å²) in [4.78, 5) is 14.4. The van der Waals surface area contributed by atoms with Crippen LogP contribution in [0.1, 0.15) is 45.1 Å². The minimum absolute atomic E-state index is 0.0963. The number of ether oxygens (including phenoxy) is 1. The van der Waals surface area contributed by atoms with Gasteiger partial charge in [0.25, 0.3) is 0 Å². The van der Waals surface area contributed by atoms with E-state index >= 15 is 0 Å². The predicted octanol–water partition coefficient (Wildman–Crippen LogP) is 4.40. The lowest BCUT2D eigenvalue weighted by atomic mass is 9.79. The summed E-state index contributed by atoms with van der Waals surface area (Å²) in [5.74, 6) is 1.09. The highest BCUT2D eigenvalue weighted by atomic mass is 16.6. The van der Waals surface area contributed by atoms with Crippen LogP contribution < -0.4 is 4.90 Å². The lowest BCUT2D eigenvalue weighted by molar-refractivity contribution is 0.0243. The van der Waals surface area contributed by atoms with E-state index in [-0.39, 0.29) is 12.2 Å². The topological polar surface area (TPSA) is 29.5 Å². The Kier molecular flexibility index (Phi) is 4.18. The maximum Gasteiger partial charge on any atom is 0.414 e. The Morgan fingerprint density at radius 1 is 1.24 bits per heavy atom. The Hall–Kier alpha value is -1.51. The van der Waals surface area contributed by atoms with Gasteiger partial charge >= 0.3 is 6.09 Å². The molecule has 2 unspecified atom stereocenters. The van der Waals surface area contributed by atoms with Gasteiger partial charge in [0.05, 0.1) is 5.69 Å². The number of amides is 1. The zero-order chi connectivity index (χ0) is 14.8. The van der Waals surface area contributed by atoms with Gasteiger partial charge in [-0.05, 0) is 49.1 Å². The molecule has 2 atom stereocenters.